The van der Waals surface area contributed by atoms with Crippen LogP contribution in [0.5, 0.6) is 0 Å². The molecule has 4 heteroatoms. The monoisotopic (exact) mass is 322 g/mol. The van der Waals surface area contributed by atoms with Crippen molar-refractivity contribution in [2.45, 2.75) is 33.1 Å². The summed E-state index contributed by atoms with van der Waals surface area (Å²) >= 11 is 5.05. The molecule has 0 aliphatic heterocycles. The van der Waals surface area contributed by atoms with Crippen LogP contribution < -0.4 is 0 Å². The van der Waals surface area contributed by atoms with E-state index in [1.54, 1.807) is 17.4 Å². The van der Waals surface area contributed by atoms with E-state index in [1.807, 2.05) is 12.1 Å². The molecule has 2 nitrogen and oxygen atoms in total. The van der Waals surface area contributed by atoms with Gasteiger partial charge in [0.05, 0.1) is 3.79 Å². The minimum Gasteiger partial charge on any atom is -0.192 e. The van der Waals surface area contributed by atoms with Crippen molar-refractivity contribution in [2.75, 3.05) is 0 Å². The molecule has 0 saturated carbocycles. The molecule has 0 spiro atoms. The highest BCUT2D eigenvalue weighted by atomic mass is 79.9. The minimum atomic E-state index is 0.162. The summed E-state index contributed by atoms with van der Waals surface area (Å²) in [5.74, 6) is 0.659. The van der Waals surface area contributed by atoms with Crippen LogP contribution in [-0.4, -0.2) is 0 Å². The van der Waals surface area contributed by atoms with Crippen LogP contribution in [0.2, 0.25) is 0 Å². The predicted molar refractivity (Wildman–Crippen MR) is 79.0 cm³/mol. The van der Waals surface area contributed by atoms with Crippen LogP contribution in [0.4, 0.5) is 0 Å². The zero-order chi connectivity index (χ0) is 13.5. The van der Waals surface area contributed by atoms with Crippen molar-refractivity contribution in [1.29, 1.82) is 10.5 Å². The van der Waals surface area contributed by atoms with Gasteiger partial charge >= 0.3 is 0 Å². The van der Waals surface area contributed by atoms with Crippen LogP contribution in [0.1, 0.15) is 37.1 Å². The van der Waals surface area contributed by atoms with E-state index in [4.69, 9.17) is 10.5 Å². The minimum absolute atomic E-state index is 0.162. The average molecular weight is 323 g/mol. The molecule has 94 valence electrons. The van der Waals surface area contributed by atoms with E-state index >= 15 is 0 Å². The summed E-state index contributed by atoms with van der Waals surface area (Å²) in [5, 5.41) is 17.6. The predicted octanol–water partition coefficient (Wildman–Crippen LogP) is 4.92. The second kappa shape index (κ2) is 7.36. The Balaban J connectivity index is 3.04. The summed E-state index contributed by atoms with van der Waals surface area (Å²) in [7, 11) is 0. The lowest BCUT2D eigenvalue weighted by Gasteiger charge is -2.11. The molecular weight excluding hydrogens is 308 g/mol. The Labute approximate surface area is 121 Å². The fourth-order valence-electron chi connectivity index (χ4n) is 1.80. The zero-order valence-corrected chi connectivity index (χ0v) is 12.9. The number of halogens is 1. The van der Waals surface area contributed by atoms with Gasteiger partial charge in [-0.05, 0) is 46.0 Å². The summed E-state index contributed by atoms with van der Waals surface area (Å²) < 4.78 is 1.05. The van der Waals surface area contributed by atoms with Crippen molar-refractivity contribution in [3.05, 3.63) is 25.9 Å². The van der Waals surface area contributed by atoms with Crippen molar-refractivity contribution in [2.24, 2.45) is 5.92 Å². The molecule has 1 heterocycles. The van der Waals surface area contributed by atoms with Gasteiger partial charge in [0.1, 0.15) is 17.7 Å². The van der Waals surface area contributed by atoms with E-state index < -0.39 is 0 Å². The molecule has 1 aromatic rings. The van der Waals surface area contributed by atoms with E-state index in [9.17, 15) is 0 Å². The number of nitrogens with zero attached hydrogens (tertiary/aromatic N) is 2. The lowest BCUT2D eigenvalue weighted by Crippen LogP contribution is -2.01. The number of hydrogen-bond donors (Lipinski definition) is 0. The van der Waals surface area contributed by atoms with Gasteiger partial charge in [0.15, 0.2) is 0 Å². The van der Waals surface area contributed by atoms with Crippen molar-refractivity contribution < 1.29 is 0 Å². The lowest BCUT2D eigenvalue weighted by atomic mass is 9.95. The summed E-state index contributed by atoms with van der Waals surface area (Å²) in [6, 6.07) is 5.92. The molecular formula is C14H15BrN2S. The fraction of sp³-hybridized carbons (Fsp3) is 0.429. The largest absolute Gasteiger partial charge is 0.192 e. The van der Waals surface area contributed by atoms with Gasteiger partial charge in [-0.2, -0.15) is 10.5 Å². The Morgan fingerprint density at radius 1 is 1.39 bits per heavy atom. The smallest absolute Gasteiger partial charge is 0.131 e. The Hall–Kier alpha value is -1.10. The molecule has 0 N–H and O–H groups in total. The van der Waals surface area contributed by atoms with Gasteiger partial charge in [0, 0.05) is 4.88 Å². The molecule has 18 heavy (non-hydrogen) atoms. The first-order chi connectivity index (χ1) is 8.64. The van der Waals surface area contributed by atoms with Crippen molar-refractivity contribution in [3.8, 4) is 12.1 Å². The second-order valence-corrected chi connectivity index (χ2v) is 6.57. The molecule has 1 rings (SSSR count). The molecule has 0 atom stereocenters. The Bertz CT molecular complexity index is 497. The molecule has 0 aliphatic rings. The standard InChI is InChI=1S/C14H15BrN2S/c1-3-10(4-2)5-12-7-14(15)18-13(12)6-11(8-16)9-17/h6-7,10H,3-5H2,1-2H3. The van der Waals surface area contributed by atoms with Gasteiger partial charge in [-0.1, -0.05) is 26.7 Å². The summed E-state index contributed by atoms with van der Waals surface area (Å²) in [4.78, 5) is 1.02. The molecule has 0 aromatic carbocycles. The number of hydrogen-bond acceptors (Lipinski definition) is 3. The molecule has 0 unspecified atom stereocenters. The van der Waals surface area contributed by atoms with Gasteiger partial charge in [-0.15, -0.1) is 11.3 Å². The maximum atomic E-state index is 8.81. The summed E-state index contributed by atoms with van der Waals surface area (Å²) in [5.41, 5.74) is 1.39. The van der Waals surface area contributed by atoms with Gasteiger partial charge in [-0.3, -0.25) is 0 Å². The molecule has 0 amide bonds. The van der Waals surface area contributed by atoms with E-state index in [2.05, 4.69) is 35.8 Å². The Kier molecular flexibility index (Phi) is 6.12. The molecule has 0 fully saturated rings. The van der Waals surface area contributed by atoms with Crippen LogP contribution in [0.3, 0.4) is 0 Å². The third kappa shape index (κ3) is 3.98. The van der Waals surface area contributed by atoms with E-state index in [1.165, 1.54) is 5.56 Å². The van der Waals surface area contributed by atoms with Crippen molar-refractivity contribution in [3.63, 3.8) is 0 Å². The molecule has 0 saturated heterocycles. The van der Waals surface area contributed by atoms with Crippen LogP contribution in [0, 0.1) is 28.6 Å². The quantitative estimate of drug-likeness (QED) is 0.722. The lowest BCUT2D eigenvalue weighted by molar-refractivity contribution is 0.491. The maximum absolute atomic E-state index is 8.81. The van der Waals surface area contributed by atoms with Crippen molar-refractivity contribution >= 4 is 33.3 Å². The first kappa shape index (κ1) is 15.0. The van der Waals surface area contributed by atoms with E-state index in [0.29, 0.717) is 5.92 Å². The molecule has 1 aromatic heterocycles. The van der Waals surface area contributed by atoms with E-state index in [-0.39, 0.29) is 5.57 Å². The summed E-state index contributed by atoms with van der Waals surface area (Å²) in [6.45, 7) is 4.39. The number of thiophene rings is 1. The van der Waals surface area contributed by atoms with Crippen LogP contribution in [0.25, 0.3) is 6.08 Å². The molecule has 0 radical (unpaired) electrons. The first-order valence-corrected chi connectivity index (χ1v) is 7.55. The Morgan fingerprint density at radius 2 is 2.00 bits per heavy atom. The van der Waals surface area contributed by atoms with Gasteiger partial charge in [0.25, 0.3) is 0 Å². The Morgan fingerprint density at radius 3 is 2.50 bits per heavy atom. The number of rotatable bonds is 5. The van der Waals surface area contributed by atoms with Crippen molar-refractivity contribution in [1.82, 2.24) is 0 Å². The topological polar surface area (TPSA) is 47.6 Å². The SMILES string of the molecule is CCC(CC)Cc1cc(Br)sc1C=C(C#N)C#N. The third-order valence-electron chi connectivity index (χ3n) is 2.99. The first-order valence-electron chi connectivity index (χ1n) is 5.94. The number of nitriles is 2. The second-order valence-electron chi connectivity index (χ2n) is 4.11. The van der Waals surface area contributed by atoms with Gasteiger partial charge in [-0.25, -0.2) is 0 Å². The normalized spacial score (nSPS) is 9.89. The van der Waals surface area contributed by atoms with Crippen LogP contribution >= 0.6 is 27.3 Å². The van der Waals surface area contributed by atoms with E-state index in [0.717, 1.165) is 27.9 Å². The van der Waals surface area contributed by atoms with Gasteiger partial charge < -0.3 is 0 Å². The maximum Gasteiger partial charge on any atom is 0.131 e. The number of allylic oxidation sites excluding steroid dienone is 1. The van der Waals surface area contributed by atoms with Crippen LogP contribution in [-0.2, 0) is 6.42 Å². The fourth-order valence-corrected chi connectivity index (χ4v) is 3.46. The highest BCUT2D eigenvalue weighted by Crippen LogP contribution is 2.31. The van der Waals surface area contributed by atoms with Gasteiger partial charge in [0.2, 0.25) is 0 Å². The highest BCUT2D eigenvalue weighted by molar-refractivity contribution is 9.11. The van der Waals surface area contributed by atoms with Crippen LogP contribution in [0.15, 0.2) is 15.4 Å². The average Bonchev–Trinajstić information content (AvgIpc) is 2.72. The third-order valence-corrected chi connectivity index (χ3v) is 4.62. The molecule has 0 aliphatic carbocycles. The zero-order valence-electron chi connectivity index (χ0n) is 10.5. The highest BCUT2D eigenvalue weighted by Gasteiger charge is 2.12. The molecule has 0 bridgehead atoms. The summed E-state index contributed by atoms with van der Waals surface area (Å²) in [6.07, 6.45) is 4.99.